The number of hydrogen-bond donors (Lipinski definition) is 1. The van der Waals surface area contributed by atoms with E-state index in [1.807, 2.05) is 24.0 Å². The molecular formula is C19H27N5. The Balaban J connectivity index is 1.57. The van der Waals surface area contributed by atoms with Crippen LogP contribution in [0.5, 0.6) is 0 Å². The molecule has 3 rings (SSSR count). The van der Waals surface area contributed by atoms with Crippen LogP contribution in [0.25, 0.3) is 11.3 Å². The first-order valence-electron chi connectivity index (χ1n) is 8.65. The van der Waals surface area contributed by atoms with Crippen molar-refractivity contribution in [2.75, 3.05) is 19.6 Å². The van der Waals surface area contributed by atoms with Crippen molar-refractivity contribution >= 4 is 0 Å². The summed E-state index contributed by atoms with van der Waals surface area (Å²) < 4.78 is 1.88. The van der Waals surface area contributed by atoms with Crippen LogP contribution in [0.2, 0.25) is 0 Å². The molecule has 0 saturated carbocycles. The molecule has 0 spiro atoms. The molecule has 0 aromatic carbocycles. The van der Waals surface area contributed by atoms with Gasteiger partial charge < -0.3 is 5.32 Å². The van der Waals surface area contributed by atoms with Crippen LogP contribution in [0.3, 0.4) is 0 Å². The monoisotopic (exact) mass is 325 g/mol. The summed E-state index contributed by atoms with van der Waals surface area (Å²) in [6.45, 7) is 10.3. The average molecular weight is 325 g/mol. The molecule has 5 nitrogen and oxygen atoms in total. The fraction of sp³-hybridized carbons (Fsp3) is 0.474. The highest BCUT2D eigenvalue weighted by atomic mass is 15.3. The zero-order valence-electron chi connectivity index (χ0n) is 14.7. The first-order valence-corrected chi connectivity index (χ1v) is 8.65. The maximum Gasteiger partial charge on any atom is 0.0983 e. The number of aryl methyl sites for hydroxylation is 1. The highest BCUT2D eigenvalue weighted by Gasteiger charge is 2.19. The fourth-order valence-corrected chi connectivity index (χ4v) is 3.34. The number of nitrogens with zero attached hydrogens (tertiary/aromatic N) is 4. The Morgan fingerprint density at radius 2 is 2.17 bits per heavy atom. The number of likely N-dealkylation sites (tertiary alicyclic amines) is 1. The highest BCUT2D eigenvalue weighted by molar-refractivity contribution is 5.61. The lowest BCUT2D eigenvalue weighted by Crippen LogP contribution is -2.42. The van der Waals surface area contributed by atoms with Crippen molar-refractivity contribution in [1.29, 1.82) is 0 Å². The van der Waals surface area contributed by atoms with Crippen LogP contribution in [0, 0.1) is 0 Å². The van der Waals surface area contributed by atoms with Gasteiger partial charge in [0.1, 0.15) is 0 Å². The molecule has 0 unspecified atom stereocenters. The number of nitrogens with one attached hydrogen (secondary N) is 1. The Labute approximate surface area is 144 Å². The lowest BCUT2D eigenvalue weighted by Gasteiger charge is -2.32. The number of aromatic nitrogens is 3. The van der Waals surface area contributed by atoms with Gasteiger partial charge >= 0.3 is 0 Å². The van der Waals surface area contributed by atoms with E-state index in [2.05, 4.69) is 46.1 Å². The van der Waals surface area contributed by atoms with E-state index in [4.69, 9.17) is 0 Å². The van der Waals surface area contributed by atoms with Crippen LogP contribution in [0.1, 0.15) is 25.3 Å². The van der Waals surface area contributed by atoms with Crippen LogP contribution < -0.4 is 5.32 Å². The van der Waals surface area contributed by atoms with E-state index in [0.29, 0.717) is 6.04 Å². The Bertz CT molecular complexity index is 668. The lowest BCUT2D eigenvalue weighted by atomic mass is 10.0. The topological polar surface area (TPSA) is 46.0 Å². The minimum absolute atomic E-state index is 0.577. The van der Waals surface area contributed by atoms with Gasteiger partial charge in [-0.1, -0.05) is 12.2 Å². The van der Waals surface area contributed by atoms with Crippen molar-refractivity contribution in [1.82, 2.24) is 25.0 Å². The molecule has 128 valence electrons. The van der Waals surface area contributed by atoms with Crippen molar-refractivity contribution in [2.45, 2.75) is 32.4 Å². The number of hydrogen-bond acceptors (Lipinski definition) is 4. The molecule has 0 bridgehead atoms. The summed E-state index contributed by atoms with van der Waals surface area (Å²) in [5.41, 5.74) is 4.58. The quantitative estimate of drug-likeness (QED) is 0.829. The van der Waals surface area contributed by atoms with E-state index in [-0.39, 0.29) is 0 Å². The zero-order chi connectivity index (χ0) is 16.9. The SMILES string of the molecule is C=C(C)CN1CCC(NCc2cn(C)nc2-c2cccnc2)CC1. The Morgan fingerprint density at radius 3 is 2.83 bits per heavy atom. The van der Waals surface area contributed by atoms with Crippen molar-refractivity contribution in [3.8, 4) is 11.3 Å². The summed E-state index contributed by atoms with van der Waals surface area (Å²) in [4.78, 5) is 6.70. The van der Waals surface area contributed by atoms with Gasteiger partial charge in [-0.2, -0.15) is 5.10 Å². The van der Waals surface area contributed by atoms with E-state index in [1.54, 1.807) is 6.20 Å². The summed E-state index contributed by atoms with van der Waals surface area (Å²) in [5, 5.41) is 8.32. The predicted octanol–water partition coefficient (Wildman–Crippen LogP) is 2.61. The molecule has 0 amide bonds. The summed E-state index contributed by atoms with van der Waals surface area (Å²) >= 11 is 0. The zero-order valence-corrected chi connectivity index (χ0v) is 14.7. The van der Waals surface area contributed by atoms with Gasteiger partial charge in [-0.3, -0.25) is 14.6 Å². The summed E-state index contributed by atoms with van der Waals surface area (Å²) in [5.74, 6) is 0. The molecule has 0 radical (unpaired) electrons. The third-order valence-corrected chi connectivity index (χ3v) is 4.50. The van der Waals surface area contributed by atoms with Crippen LogP contribution >= 0.6 is 0 Å². The number of piperidine rings is 1. The first kappa shape index (κ1) is 16.9. The highest BCUT2D eigenvalue weighted by Crippen LogP contribution is 2.21. The second kappa shape index (κ2) is 7.73. The van der Waals surface area contributed by atoms with Crippen molar-refractivity contribution < 1.29 is 0 Å². The number of rotatable bonds is 6. The molecule has 0 aliphatic carbocycles. The van der Waals surface area contributed by atoms with E-state index in [0.717, 1.165) is 37.4 Å². The fourth-order valence-electron chi connectivity index (χ4n) is 3.34. The molecule has 1 aliphatic heterocycles. The molecule has 2 aromatic heterocycles. The molecular weight excluding hydrogens is 298 g/mol. The number of pyridine rings is 1. The molecule has 5 heteroatoms. The molecule has 1 saturated heterocycles. The smallest absolute Gasteiger partial charge is 0.0983 e. The second-order valence-electron chi connectivity index (χ2n) is 6.81. The maximum absolute atomic E-state index is 4.61. The molecule has 0 atom stereocenters. The molecule has 2 aromatic rings. The molecule has 3 heterocycles. The van der Waals surface area contributed by atoms with E-state index in [9.17, 15) is 0 Å². The average Bonchev–Trinajstić information content (AvgIpc) is 2.95. The van der Waals surface area contributed by atoms with E-state index >= 15 is 0 Å². The molecule has 24 heavy (non-hydrogen) atoms. The molecule has 1 fully saturated rings. The normalized spacial score (nSPS) is 16.4. The summed E-state index contributed by atoms with van der Waals surface area (Å²) in [6, 6.07) is 4.60. The third kappa shape index (κ3) is 4.30. The van der Waals surface area contributed by atoms with Crippen LogP contribution in [-0.2, 0) is 13.6 Å². The van der Waals surface area contributed by atoms with Gasteiger partial charge in [-0.25, -0.2) is 0 Å². The summed E-state index contributed by atoms with van der Waals surface area (Å²) in [7, 11) is 1.97. The van der Waals surface area contributed by atoms with Crippen LogP contribution in [0.15, 0.2) is 42.9 Å². The van der Waals surface area contributed by atoms with Gasteiger partial charge in [0.05, 0.1) is 5.69 Å². The van der Waals surface area contributed by atoms with Gasteiger partial charge in [0.2, 0.25) is 0 Å². The van der Waals surface area contributed by atoms with Gasteiger partial charge in [-0.05, 0) is 45.0 Å². The largest absolute Gasteiger partial charge is 0.310 e. The van der Waals surface area contributed by atoms with Gasteiger partial charge in [0.15, 0.2) is 0 Å². The Hall–Kier alpha value is -1.98. The van der Waals surface area contributed by atoms with E-state index in [1.165, 1.54) is 24.0 Å². The Morgan fingerprint density at radius 1 is 1.38 bits per heavy atom. The Kier molecular flexibility index (Phi) is 5.43. The standard InChI is InChI=1S/C19H27N5/c1-15(2)13-24-9-6-18(7-10-24)21-12-17-14-23(3)22-19(17)16-5-4-8-20-11-16/h4-5,8,11,14,18,21H,1,6-7,9-10,12-13H2,2-3H3. The van der Waals surface area contributed by atoms with E-state index < -0.39 is 0 Å². The third-order valence-electron chi connectivity index (χ3n) is 4.50. The van der Waals surface area contributed by atoms with Crippen LogP contribution in [-0.4, -0.2) is 45.3 Å². The van der Waals surface area contributed by atoms with Gasteiger partial charge in [0.25, 0.3) is 0 Å². The van der Waals surface area contributed by atoms with Crippen molar-refractivity contribution in [3.63, 3.8) is 0 Å². The lowest BCUT2D eigenvalue weighted by molar-refractivity contribution is 0.211. The van der Waals surface area contributed by atoms with Crippen molar-refractivity contribution in [2.24, 2.45) is 7.05 Å². The van der Waals surface area contributed by atoms with Crippen LogP contribution in [0.4, 0.5) is 0 Å². The predicted molar refractivity (Wildman–Crippen MR) is 97.6 cm³/mol. The van der Waals surface area contributed by atoms with Gasteiger partial charge in [0, 0.05) is 55.9 Å². The molecule has 1 aliphatic rings. The minimum Gasteiger partial charge on any atom is -0.310 e. The second-order valence-corrected chi connectivity index (χ2v) is 6.81. The van der Waals surface area contributed by atoms with Gasteiger partial charge in [-0.15, -0.1) is 0 Å². The maximum atomic E-state index is 4.61. The first-order chi connectivity index (χ1) is 11.6. The summed E-state index contributed by atoms with van der Waals surface area (Å²) in [6.07, 6.45) is 8.15. The molecule has 1 N–H and O–H groups in total. The van der Waals surface area contributed by atoms with Crippen molar-refractivity contribution in [3.05, 3.63) is 48.4 Å². The minimum atomic E-state index is 0.577.